The van der Waals surface area contributed by atoms with Crippen LogP contribution in [0, 0.1) is 0 Å². The van der Waals surface area contributed by atoms with Crippen molar-refractivity contribution in [3.8, 4) is 5.69 Å². The number of nitrogens with zero attached hydrogens (tertiary/aromatic N) is 2. The summed E-state index contributed by atoms with van der Waals surface area (Å²) < 4.78 is 1.97. The maximum absolute atomic E-state index is 4.61. The Hall–Kier alpha value is -1.57. The predicted molar refractivity (Wildman–Crippen MR) is 76.2 cm³/mol. The lowest BCUT2D eigenvalue weighted by atomic mass is 10.1. The second-order valence-electron chi connectivity index (χ2n) is 4.77. The molecule has 2 rings (SSSR count). The third kappa shape index (κ3) is 3.22. The molecule has 0 radical (unpaired) electrons. The molecule has 0 amide bonds. The number of hydrogen-bond donors (Lipinski definition) is 0. The first-order chi connectivity index (χ1) is 8.83. The molecule has 2 heteroatoms. The minimum absolute atomic E-state index is 1.08. The molecule has 0 saturated carbocycles. The first-order valence-electron chi connectivity index (χ1n) is 6.97. The topological polar surface area (TPSA) is 17.8 Å². The van der Waals surface area contributed by atoms with Gasteiger partial charge in [-0.2, -0.15) is 5.10 Å². The van der Waals surface area contributed by atoms with E-state index in [1.165, 1.54) is 30.5 Å². The lowest BCUT2D eigenvalue weighted by molar-refractivity contribution is 0.752. The first-order valence-corrected chi connectivity index (χ1v) is 6.97. The third-order valence-electron chi connectivity index (χ3n) is 3.17. The molecule has 2 aromatic rings. The van der Waals surface area contributed by atoms with Gasteiger partial charge in [-0.3, -0.25) is 0 Å². The van der Waals surface area contributed by atoms with Crippen LogP contribution >= 0.6 is 0 Å². The van der Waals surface area contributed by atoms with Crippen molar-refractivity contribution in [3.63, 3.8) is 0 Å². The van der Waals surface area contributed by atoms with Gasteiger partial charge < -0.3 is 0 Å². The van der Waals surface area contributed by atoms with Gasteiger partial charge >= 0.3 is 0 Å². The van der Waals surface area contributed by atoms with Gasteiger partial charge in [0.2, 0.25) is 0 Å². The van der Waals surface area contributed by atoms with Gasteiger partial charge in [0, 0.05) is 6.20 Å². The Bertz CT molecular complexity index is 468. The van der Waals surface area contributed by atoms with Crippen molar-refractivity contribution in [2.75, 3.05) is 0 Å². The second kappa shape index (κ2) is 6.39. The quantitative estimate of drug-likeness (QED) is 0.743. The molecule has 0 N–H and O–H groups in total. The highest BCUT2D eigenvalue weighted by Crippen LogP contribution is 2.12. The van der Waals surface area contributed by atoms with E-state index in [0.29, 0.717) is 0 Å². The van der Waals surface area contributed by atoms with Crippen molar-refractivity contribution in [1.29, 1.82) is 0 Å². The van der Waals surface area contributed by atoms with Crippen LogP contribution in [0.15, 0.2) is 36.5 Å². The predicted octanol–water partition coefficient (Wildman–Crippen LogP) is 4.17. The molecule has 1 heterocycles. The van der Waals surface area contributed by atoms with Gasteiger partial charge in [-0.05, 0) is 43.0 Å². The Balaban J connectivity index is 2.08. The summed E-state index contributed by atoms with van der Waals surface area (Å²) in [5.74, 6) is 0. The van der Waals surface area contributed by atoms with Crippen molar-refractivity contribution in [3.05, 3.63) is 47.8 Å². The zero-order valence-electron chi connectivity index (χ0n) is 11.4. The van der Waals surface area contributed by atoms with Gasteiger partial charge in [0.25, 0.3) is 0 Å². The zero-order valence-corrected chi connectivity index (χ0v) is 11.4. The van der Waals surface area contributed by atoms with E-state index in [9.17, 15) is 0 Å². The maximum Gasteiger partial charge on any atom is 0.0645 e. The van der Waals surface area contributed by atoms with Crippen LogP contribution in [0.1, 0.15) is 44.4 Å². The standard InChI is InChI=1S/C16H22N2/c1-3-5-7-15-12-13-18(17-15)16-10-8-14(6-4-2)9-11-16/h8-13H,3-7H2,1-2H3. The van der Waals surface area contributed by atoms with Gasteiger partial charge in [-0.15, -0.1) is 0 Å². The van der Waals surface area contributed by atoms with Crippen molar-refractivity contribution in [1.82, 2.24) is 9.78 Å². The molecular weight excluding hydrogens is 220 g/mol. The third-order valence-corrected chi connectivity index (χ3v) is 3.17. The van der Waals surface area contributed by atoms with E-state index < -0.39 is 0 Å². The summed E-state index contributed by atoms with van der Waals surface area (Å²) >= 11 is 0. The molecule has 0 aliphatic heterocycles. The average Bonchev–Trinajstić information content (AvgIpc) is 2.86. The normalized spacial score (nSPS) is 10.8. The van der Waals surface area contributed by atoms with Crippen LogP contribution in [-0.4, -0.2) is 9.78 Å². The Labute approximate surface area is 110 Å². The molecule has 0 aliphatic carbocycles. The van der Waals surface area contributed by atoms with Crippen molar-refractivity contribution in [2.24, 2.45) is 0 Å². The van der Waals surface area contributed by atoms with E-state index in [0.717, 1.165) is 18.5 Å². The van der Waals surface area contributed by atoms with Crippen LogP contribution in [-0.2, 0) is 12.8 Å². The highest BCUT2D eigenvalue weighted by Gasteiger charge is 2.01. The summed E-state index contributed by atoms with van der Waals surface area (Å²) in [6, 6.07) is 10.8. The van der Waals surface area contributed by atoms with Crippen LogP contribution in [0.2, 0.25) is 0 Å². The number of aryl methyl sites for hydroxylation is 2. The molecule has 0 atom stereocenters. The lowest BCUT2D eigenvalue weighted by Gasteiger charge is -2.03. The SMILES string of the molecule is CCCCc1ccn(-c2ccc(CCC)cc2)n1. The van der Waals surface area contributed by atoms with Crippen molar-refractivity contribution < 1.29 is 0 Å². The lowest BCUT2D eigenvalue weighted by Crippen LogP contribution is -1.96. The van der Waals surface area contributed by atoms with Crippen LogP contribution in [0.3, 0.4) is 0 Å². The fourth-order valence-corrected chi connectivity index (χ4v) is 2.10. The summed E-state index contributed by atoms with van der Waals surface area (Å²) in [5, 5.41) is 4.61. The molecule has 0 fully saturated rings. The van der Waals surface area contributed by atoms with E-state index in [1.54, 1.807) is 0 Å². The molecule has 1 aromatic carbocycles. The Kier molecular flexibility index (Phi) is 4.57. The van der Waals surface area contributed by atoms with Gasteiger partial charge in [0.15, 0.2) is 0 Å². The fraction of sp³-hybridized carbons (Fsp3) is 0.438. The van der Waals surface area contributed by atoms with Crippen molar-refractivity contribution >= 4 is 0 Å². The molecule has 0 unspecified atom stereocenters. The smallest absolute Gasteiger partial charge is 0.0645 e. The number of unbranched alkanes of at least 4 members (excludes halogenated alkanes) is 1. The van der Waals surface area contributed by atoms with E-state index in [4.69, 9.17) is 0 Å². The zero-order chi connectivity index (χ0) is 12.8. The average molecular weight is 242 g/mol. The van der Waals surface area contributed by atoms with Crippen LogP contribution in [0.4, 0.5) is 0 Å². The van der Waals surface area contributed by atoms with E-state index in [-0.39, 0.29) is 0 Å². The monoisotopic (exact) mass is 242 g/mol. The van der Waals surface area contributed by atoms with Gasteiger partial charge in [-0.1, -0.05) is 38.8 Å². The van der Waals surface area contributed by atoms with Crippen LogP contribution in [0.5, 0.6) is 0 Å². The number of benzene rings is 1. The largest absolute Gasteiger partial charge is 0.241 e. The maximum atomic E-state index is 4.61. The molecule has 1 aromatic heterocycles. The number of hydrogen-bond acceptors (Lipinski definition) is 1. The van der Waals surface area contributed by atoms with E-state index in [2.05, 4.69) is 55.5 Å². The molecule has 0 spiro atoms. The molecule has 18 heavy (non-hydrogen) atoms. The van der Waals surface area contributed by atoms with Crippen molar-refractivity contribution in [2.45, 2.75) is 46.0 Å². The molecule has 0 aliphatic rings. The van der Waals surface area contributed by atoms with Gasteiger partial charge in [-0.25, -0.2) is 4.68 Å². The van der Waals surface area contributed by atoms with Crippen LogP contribution in [0.25, 0.3) is 5.69 Å². The molecular formula is C16H22N2. The van der Waals surface area contributed by atoms with E-state index >= 15 is 0 Å². The summed E-state index contributed by atoms with van der Waals surface area (Å²) in [6.45, 7) is 4.42. The molecule has 96 valence electrons. The molecule has 2 nitrogen and oxygen atoms in total. The summed E-state index contributed by atoms with van der Waals surface area (Å²) in [7, 11) is 0. The molecule has 0 saturated heterocycles. The Morgan fingerprint density at radius 3 is 2.39 bits per heavy atom. The molecule has 0 bridgehead atoms. The van der Waals surface area contributed by atoms with E-state index in [1.807, 2.05) is 4.68 Å². The number of rotatable bonds is 6. The highest BCUT2D eigenvalue weighted by molar-refractivity contribution is 5.34. The van der Waals surface area contributed by atoms with Gasteiger partial charge in [0.05, 0.1) is 11.4 Å². The Morgan fingerprint density at radius 2 is 1.72 bits per heavy atom. The minimum atomic E-state index is 1.08. The summed E-state index contributed by atoms with van der Waals surface area (Å²) in [5.41, 5.74) is 3.74. The Morgan fingerprint density at radius 1 is 0.944 bits per heavy atom. The first kappa shape index (κ1) is 12.9. The minimum Gasteiger partial charge on any atom is -0.241 e. The second-order valence-corrected chi connectivity index (χ2v) is 4.77. The van der Waals surface area contributed by atoms with Gasteiger partial charge in [0.1, 0.15) is 0 Å². The number of aromatic nitrogens is 2. The summed E-state index contributed by atoms with van der Waals surface area (Å²) in [4.78, 5) is 0. The summed E-state index contributed by atoms with van der Waals surface area (Å²) in [6.07, 6.45) is 7.92. The van der Waals surface area contributed by atoms with Crippen LogP contribution < -0.4 is 0 Å². The fourth-order valence-electron chi connectivity index (χ4n) is 2.10. The highest BCUT2D eigenvalue weighted by atomic mass is 15.3.